The van der Waals surface area contributed by atoms with E-state index in [1.807, 2.05) is 0 Å². The number of rotatable bonds is 2. The summed E-state index contributed by atoms with van der Waals surface area (Å²) < 4.78 is 11.3. The molecule has 3 nitrogen and oxygen atoms in total. The lowest BCUT2D eigenvalue weighted by molar-refractivity contribution is -0.0290. The van der Waals surface area contributed by atoms with E-state index in [4.69, 9.17) is 9.47 Å². The first-order valence-corrected chi connectivity index (χ1v) is 6.13. The van der Waals surface area contributed by atoms with Gasteiger partial charge in [-0.3, -0.25) is 0 Å². The van der Waals surface area contributed by atoms with Gasteiger partial charge in [-0.2, -0.15) is 0 Å². The summed E-state index contributed by atoms with van der Waals surface area (Å²) in [6, 6.07) is 4.27. The van der Waals surface area contributed by atoms with Crippen molar-refractivity contribution >= 4 is 0 Å². The lowest BCUT2D eigenvalue weighted by Crippen LogP contribution is -2.39. The van der Waals surface area contributed by atoms with Crippen LogP contribution in [0.2, 0.25) is 0 Å². The monoisotopic (exact) mass is 235 g/mol. The Hall–Kier alpha value is -1.06. The highest BCUT2D eigenvalue weighted by Crippen LogP contribution is 2.29. The Bertz CT molecular complexity index is 403. The van der Waals surface area contributed by atoms with Crippen LogP contribution in [0.3, 0.4) is 0 Å². The number of nitrogens with one attached hydrogen (secondary N) is 1. The first-order valence-electron chi connectivity index (χ1n) is 6.13. The number of benzene rings is 1. The molecule has 2 atom stereocenters. The summed E-state index contributed by atoms with van der Waals surface area (Å²) in [6.45, 7) is 8.11. The van der Waals surface area contributed by atoms with Crippen LogP contribution in [0.1, 0.15) is 29.7 Å². The minimum Gasteiger partial charge on any atom is -0.496 e. The van der Waals surface area contributed by atoms with Crippen LogP contribution in [0.4, 0.5) is 0 Å². The van der Waals surface area contributed by atoms with Gasteiger partial charge >= 0.3 is 0 Å². The Kier molecular flexibility index (Phi) is 3.69. The first kappa shape index (κ1) is 12.4. The molecule has 1 N–H and O–H groups in total. The average molecular weight is 235 g/mol. The van der Waals surface area contributed by atoms with Crippen molar-refractivity contribution in [3.8, 4) is 5.75 Å². The van der Waals surface area contributed by atoms with Gasteiger partial charge in [0.05, 0.1) is 19.3 Å². The minimum absolute atomic E-state index is 0.156. The van der Waals surface area contributed by atoms with E-state index >= 15 is 0 Å². The van der Waals surface area contributed by atoms with Gasteiger partial charge in [-0.05, 0) is 49.6 Å². The highest BCUT2D eigenvalue weighted by atomic mass is 16.5. The van der Waals surface area contributed by atoms with Gasteiger partial charge in [-0.25, -0.2) is 0 Å². The zero-order chi connectivity index (χ0) is 12.4. The summed E-state index contributed by atoms with van der Waals surface area (Å²) in [6.07, 6.45) is 0.430. The highest BCUT2D eigenvalue weighted by molar-refractivity contribution is 5.42. The molecule has 0 saturated carbocycles. The van der Waals surface area contributed by atoms with Gasteiger partial charge in [0.25, 0.3) is 0 Å². The van der Waals surface area contributed by atoms with Crippen LogP contribution >= 0.6 is 0 Å². The van der Waals surface area contributed by atoms with Gasteiger partial charge in [0.2, 0.25) is 0 Å². The molecule has 1 saturated heterocycles. The van der Waals surface area contributed by atoms with Crippen LogP contribution in [0.5, 0.6) is 5.75 Å². The third-order valence-corrected chi connectivity index (χ3v) is 3.29. The SMILES string of the molecule is COc1cc(C)c(C2CNCC(C)O2)cc1C. The molecular weight excluding hydrogens is 214 g/mol. The maximum atomic E-state index is 5.98. The molecule has 2 rings (SSSR count). The largest absolute Gasteiger partial charge is 0.496 e. The predicted octanol–water partition coefficient (Wildman–Crippen LogP) is 2.36. The summed E-state index contributed by atoms with van der Waals surface area (Å²) in [7, 11) is 1.71. The molecule has 2 unspecified atom stereocenters. The topological polar surface area (TPSA) is 30.5 Å². The second-order valence-electron chi connectivity index (χ2n) is 4.77. The molecule has 1 aromatic rings. The van der Waals surface area contributed by atoms with E-state index in [0.29, 0.717) is 0 Å². The molecule has 17 heavy (non-hydrogen) atoms. The number of hydrogen-bond acceptors (Lipinski definition) is 3. The van der Waals surface area contributed by atoms with Crippen LogP contribution in [0, 0.1) is 13.8 Å². The molecule has 0 spiro atoms. The van der Waals surface area contributed by atoms with Gasteiger partial charge in [-0.1, -0.05) is 0 Å². The Morgan fingerprint density at radius 2 is 2.00 bits per heavy atom. The quantitative estimate of drug-likeness (QED) is 0.853. The predicted molar refractivity (Wildman–Crippen MR) is 68.6 cm³/mol. The summed E-state index contributed by atoms with van der Waals surface area (Å²) in [4.78, 5) is 0. The van der Waals surface area contributed by atoms with Gasteiger partial charge < -0.3 is 14.8 Å². The van der Waals surface area contributed by atoms with Crippen molar-refractivity contribution in [2.75, 3.05) is 20.2 Å². The molecule has 0 aromatic heterocycles. The molecule has 3 heteroatoms. The molecular formula is C14H21NO2. The lowest BCUT2D eigenvalue weighted by atomic mass is 9.99. The van der Waals surface area contributed by atoms with E-state index < -0.39 is 0 Å². The Labute approximate surface area is 103 Å². The molecule has 1 fully saturated rings. The second kappa shape index (κ2) is 5.07. The maximum absolute atomic E-state index is 5.98. The normalized spacial score (nSPS) is 24.7. The minimum atomic E-state index is 0.156. The third kappa shape index (κ3) is 2.61. The standard InChI is InChI=1S/C14H21NO2/c1-9-6-13(16-4)10(2)5-12(9)14-8-15-7-11(3)17-14/h5-6,11,14-15H,7-8H2,1-4H3. The van der Waals surface area contributed by atoms with Crippen molar-refractivity contribution in [2.24, 2.45) is 0 Å². The van der Waals surface area contributed by atoms with Crippen molar-refractivity contribution in [1.29, 1.82) is 0 Å². The maximum Gasteiger partial charge on any atom is 0.122 e. The van der Waals surface area contributed by atoms with E-state index in [-0.39, 0.29) is 12.2 Å². The van der Waals surface area contributed by atoms with Crippen LogP contribution < -0.4 is 10.1 Å². The Morgan fingerprint density at radius 3 is 2.65 bits per heavy atom. The van der Waals surface area contributed by atoms with Crippen molar-refractivity contribution in [3.05, 3.63) is 28.8 Å². The first-order chi connectivity index (χ1) is 8.11. The number of hydrogen-bond donors (Lipinski definition) is 1. The van der Waals surface area contributed by atoms with Crippen LogP contribution in [0.25, 0.3) is 0 Å². The van der Waals surface area contributed by atoms with Crippen LogP contribution in [-0.2, 0) is 4.74 Å². The molecule has 0 bridgehead atoms. The number of methoxy groups -OCH3 is 1. The van der Waals surface area contributed by atoms with Gasteiger partial charge in [0.1, 0.15) is 5.75 Å². The second-order valence-corrected chi connectivity index (χ2v) is 4.77. The molecule has 0 amide bonds. The number of aryl methyl sites for hydroxylation is 2. The van der Waals surface area contributed by atoms with E-state index in [0.717, 1.165) is 24.4 Å². The van der Waals surface area contributed by atoms with Gasteiger partial charge in [0.15, 0.2) is 0 Å². The number of ether oxygens (including phenoxy) is 2. The van der Waals surface area contributed by atoms with Crippen molar-refractivity contribution in [1.82, 2.24) is 5.32 Å². The van der Waals surface area contributed by atoms with Crippen LogP contribution in [-0.4, -0.2) is 26.3 Å². The fraction of sp³-hybridized carbons (Fsp3) is 0.571. The van der Waals surface area contributed by atoms with E-state index in [1.54, 1.807) is 7.11 Å². The van der Waals surface area contributed by atoms with Gasteiger partial charge in [-0.15, -0.1) is 0 Å². The van der Waals surface area contributed by atoms with E-state index in [9.17, 15) is 0 Å². The molecule has 0 radical (unpaired) electrons. The Morgan fingerprint density at radius 1 is 1.24 bits per heavy atom. The zero-order valence-corrected chi connectivity index (χ0v) is 11.0. The summed E-state index contributed by atoms with van der Waals surface area (Å²) >= 11 is 0. The summed E-state index contributed by atoms with van der Waals surface area (Å²) in [5.74, 6) is 0.947. The van der Waals surface area contributed by atoms with Crippen molar-refractivity contribution < 1.29 is 9.47 Å². The van der Waals surface area contributed by atoms with Gasteiger partial charge in [0, 0.05) is 13.1 Å². The highest BCUT2D eigenvalue weighted by Gasteiger charge is 2.22. The molecule has 1 aromatic carbocycles. The lowest BCUT2D eigenvalue weighted by Gasteiger charge is -2.30. The van der Waals surface area contributed by atoms with Crippen molar-refractivity contribution in [2.45, 2.75) is 33.0 Å². The zero-order valence-electron chi connectivity index (χ0n) is 11.0. The summed E-state index contributed by atoms with van der Waals surface area (Å²) in [5.41, 5.74) is 3.66. The smallest absolute Gasteiger partial charge is 0.122 e. The van der Waals surface area contributed by atoms with Crippen LogP contribution in [0.15, 0.2) is 12.1 Å². The van der Waals surface area contributed by atoms with E-state index in [2.05, 4.69) is 38.2 Å². The molecule has 1 aliphatic heterocycles. The summed E-state index contributed by atoms with van der Waals surface area (Å²) in [5, 5.41) is 3.40. The average Bonchev–Trinajstić information content (AvgIpc) is 2.31. The molecule has 1 heterocycles. The van der Waals surface area contributed by atoms with Crippen molar-refractivity contribution in [3.63, 3.8) is 0 Å². The van der Waals surface area contributed by atoms with E-state index in [1.165, 1.54) is 11.1 Å². The Balaban J connectivity index is 2.28. The number of morpholine rings is 1. The fourth-order valence-electron chi connectivity index (χ4n) is 2.36. The molecule has 0 aliphatic carbocycles. The molecule has 1 aliphatic rings. The molecule has 94 valence electrons. The fourth-order valence-corrected chi connectivity index (χ4v) is 2.36. The third-order valence-electron chi connectivity index (χ3n) is 3.29.